The fourth-order valence-corrected chi connectivity index (χ4v) is 4.98. The molecule has 1 fully saturated rings. The smallest absolute Gasteiger partial charge is 0.254 e. The van der Waals surface area contributed by atoms with Crippen molar-refractivity contribution in [2.24, 2.45) is 0 Å². The van der Waals surface area contributed by atoms with Gasteiger partial charge in [0.15, 0.2) is 0 Å². The number of carbonyl (C=O) groups is 1. The van der Waals surface area contributed by atoms with Crippen molar-refractivity contribution in [2.45, 2.75) is 45.8 Å². The van der Waals surface area contributed by atoms with Crippen LogP contribution in [0.2, 0.25) is 0 Å². The molecule has 0 radical (unpaired) electrons. The van der Waals surface area contributed by atoms with Gasteiger partial charge in [0.05, 0.1) is 13.2 Å². The van der Waals surface area contributed by atoms with Crippen LogP contribution in [0.25, 0.3) is 0 Å². The summed E-state index contributed by atoms with van der Waals surface area (Å²) in [6.07, 6.45) is 1.98. The molecule has 1 heterocycles. The third kappa shape index (κ3) is 5.48. The van der Waals surface area contributed by atoms with Gasteiger partial charge in [0, 0.05) is 50.4 Å². The van der Waals surface area contributed by atoms with Crippen molar-refractivity contribution < 1.29 is 9.53 Å². The molecule has 0 aromatic heterocycles. The molecular formula is C28H39N3O2. The van der Waals surface area contributed by atoms with Crippen molar-refractivity contribution in [3.8, 4) is 5.75 Å². The second-order valence-electron chi connectivity index (χ2n) is 8.88. The standard InChI is InChI=1S/C28H39N3O2/c1-7-17-30-19-22(5)31(20-21(30)4)27(23-13-12-14-24(18-23)33-6)25-15-10-11-16-26(25)28(32)29(8-2)9-3/h7,10-16,18,21-22,27H,1,8-9,17,19-20H2,2-6H3/t21-,22+,27+/m1/s1. The van der Waals surface area contributed by atoms with Gasteiger partial charge in [-0.25, -0.2) is 0 Å². The van der Waals surface area contributed by atoms with E-state index in [1.165, 1.54) is 0 Å². The molecule has 0 unspecified atom stereocenters. The van der Waals surface area contributed by atoms with Gasteiger partial charge in [-0.1, -0.05) is 36.4 Å². The lowest BCUT2D eigenvalue weighted by atomic mass is 9.90. The zero-order chi connectivity index (χ0) is 24.0. The van der Waals surface area contributed by atoms with E-state index >= 15 is 0 Å². The number of benzene rings is 2. The summed E-state index contributed by atoms with van der Waals surface area (Å²) in [4.78, 5) is 20.4. The zero-order valence-electron chi connectivity index (χ0n) is 20.8. The Kier molecular flexibility index (Phi) is 8.70. The van der Waals surface area contributed by atoms with Crippen molar-refractivity contribution in [1.29, 1.82) is 0 Å². The van der Waals surface area contributed by atoms with E-state index in [-0.39, 0.29) is 11.9 Å². The second kappa shape index (κ2) is 11.5. The Bertz CT molecular complexity index is 940. The maximum absolute atomic E-state index is 13.5. The summed E-state index contributed by atoms with van der Waals surface area (Å²) in [5.41, 5.74) is 2.98. The molecule has 0 saturated carbocycles. The van der Waals surface area contributed by atoms with Crippen molar-refractivity contribution in [2.75, 3.05) is 39.8 Å². The largest absolute Gasteiger partial charge is 0.497 e. The molecule has 5 nitrogen and oxygen atoms in total. The lowest BCUT2D eigenvalue weighted by Gasteiger charge is -2.47. The van der Waals surface area contributed by atoms with Crippen LogP contribution in [0, 0.1) is 0 Å². The highest BCUT2D eigenvalue weighted by Gasteiger charge is 2.36. The van der Waals surface area contributed by atoms with Crippen LogP contribution < -0.4 is 4.74 Å². The molecule has 1 aliphatic heterocycles. The fourth-order valence-electron chi connectivity index (χ4n) is 4.98. The Balaban J connectivity index is 2.12. The Morgan fingerprint density at radius 1 is 1.12 bits per heavy atom. The van der Waals surface area contributed by atoms with Gasteiger partial charge >= 0.3 is 0 Å². The van der Waals surface area contributed by atoms with Gasteiger partial charge in [0.25, 0.3) is 5.91 Å². The van der Waals surface area contributed by atoms with E-state index < -0.39 is 0 Å². The number of methoxy groups -OCH3 is 1. The molecule has 2 aromatic rings. The van der Waals surface area contributed by atoms with Crippen LogP contribution in [0.15, 0.2) is 61.2 Å². The summed E-state index contributed by atoms with van der Waals surface area (Å²) in [6.45, 7) is 16.7. The summed E-state index contributed by atoms with van der Waals surface area (Å²) in [5.74, 6) is 0.922. The normalized spacial score (nSPS) is 20.3. The number of nitrogens with zero attached hydrogens (tertiary/aromatic N) is 3. The third-order valence-electron chi connectivity index (χ3n) is 6.80. The number of hydrogen-bond acceptors (Lipinski definition) is 4. The van der Waals surface area contributed by atoms with Gasteiger partial charge in [-0.15, -0.1) is 6.58 Å². The number of piperazine rings is 1. The maximum atomic E-state index is 13.5. The molecule has 178 valence electrons. The monoisotopic (exact) mass is 449 g/mol. The Labute approximate surface area is 199 Å². The highest BCUT2D eigenvalue weighted by atomic mass is 16.5. The van der Waals surface area contributed by atoms with E-state index in [0.29, 0.717) is 25.2 Å². The van der Waals surface area contributed by atoms with E-state index in [0.717, 1.165) is 42.1 Å². The van der Waals surface area contributed by atoms with Crippen molar-refractivity contribution >= 4 is 5.91 Å². The average molecular weight is 450 g/mol. The van der Waals surface area contributed by atoms with Crippen molar-refractivity contribution in [3.63, 3.8) is 0 Å². The van der Waals surface area contributed by atoms with Gasteiger partial charge in [-0.2, -0.15) is 0 Å². The highest BCUT2D eigenvalue weighted by Crippen LogP contribution is 2.36. The molecule has 2 aromatic carbocycles. The summed E-state index contributed by atoms with van der Waals surface area (Å²) >= 11 is 0. The minimum Gasteiger partial charge on any atom is -0.497 e. The lowest BCUT2D eigenvalue weighted by molar-refractivity contribution is 0.0302. The van der Waals surface area contributed by atoms with E-state index in [4.69, 9.17) is 4.74 Å². The van der Waals surface area contributed by atoms with Crippen LogP contribution in [0.3, 0.4) is 0 Å². The van der Waals surface area contributed by atoms with Crippen LogP contribution in [0.4, 0.5) is 0 Å². The molecule has 3 atom stereocenters. The Morgan fingerprint density at radius 3 is 2.52 bits per heavy atom. The van der Waals surface area contributed by atoms with Crippen LogP contribution in [-0.2, 0) is 0 Å². The molecule has 1 amide bonds. The molecule has 3 rings (SSSR count). The lowest BCUT2D eigenvalue weighted by Crippen LogP contribution is -2.57. The molecule has 5 heteroatoms. The SMILES string of the molecule is C=CCN1C[C@H](C)N([C@@H](c2cccc(OC)c2)c2ccccc2C(=O)N(CC)CC)C[C@H]1C. The van der Waals surface area contributed by atoms with Crippen molar-refractivity contribution in [3.05, 3.63) is 77.9 Å². The molecular weight excluding hydrogens is 410 g/mol. The Hall–Kier alpha value is -2.63. The third-order valence-corrected chi connectivity index (χ3v) is 6.80. The first-order valence-electron chi connectivity index (χ1n) is 12.1. The topological polar surface area (TPSA) is 36.0 Å². The van der Waals surface area contributed by atoms with E-state index in [1.807, 2.05) is 55.2 Å². The predicted octanol–water partition coefficient (Wildman–Crippen LogP) is 4.85. The highest BCUT2D eigenvalue weighted by molar-refractivity contribution is 5.96. The number of rotatable bonds is 9. The van der Waals surface area contributed by atoms with Gasteiger partial charge in [-0.05, 0) is 57.0 Å². The summed E-state index contributed by atoms with van der Waals surface area (Å²) < 4.78 is 5.56. The number of amides is 1. The summed E-state index contributed by atoms with van der Waals surface area (Å²) in [7, 11) is 1.70. The minimum absolute atomic E-state index is 0.0425. The van der Waals surface area contributed by atoms with E-state index in [9.17, 15) is 4.79 Å². The van der Waals surface area contributed by atoms with Crippen LogP contribution in [0.1, 0.15) is 55.2 Å². The quantitative estimate of drug-likeness (QED) is 0.513. The molecule has 1 aliphatic rings. The average Bonchev–Trinajstić information content (AvgIpc) is 2.83. The molecule has 33 heavy (non-hydrogen) atoms. The molecule has 0 N–H and O–H groups in total. The maximum Gasteiger partial charge on any atom is 0.254 e. The van der Waals surface area contributed by atoms with Crippen LogP contribution in [-0.4, -0.2) is 72.5 Å². The molecule has 0 spiro atoms. The Morgan fingerprint density at radius 2 is 1.85 bits per heavy atom. The van der Waals surface area contributed by atoms with E-state index in [2.05, 4.69) is 48.4 Å². The molecule has 1 saturated heterocycles. The van der Waals surface area contributed by atoms with Crippen LogP contribution in [0.5, 0.6) is 5.75 Å². The number of hydrogen-bond donors (Lipinski definition) is 0. The minimum atomic E-state index is -0.0425. The van der Waals surface area contributed by atoms with Gasteiger partial charge in [0.2, 0.25) is 0 Å². The number of carbonyl (C=O) groups excluding carboxylic acids is 1. The van der Waals surface area contributed by atoms with Crippen LogP contribution >= 0.6 is 0 Å². The first kappa shape index (κ1) is 25.0. The first-order valence-corrected chi connectivity index (χ1v) is 12.1. The van der Waals surface area contributed by atoms with Gasteiger partial charge < -0.3 is 9.64 Å². The first-order chi connectivity index (χ1) is 15.9. The molecule has 0 aliphatic carbocycles. The zero-order valence-corrected chi connectivity index (χ0v) is 20.8. The second-order valence-corrected chi connectivity index (χ2v) is 8.88. The van der Waals surface area contributed by atoms with E-state index in [1.54, 1.807) is 7.11 Å². The van der Waals surface area contributed by atoms with Gasteiger partial charge in [0.1, 0.15) is 5.75 Å². The fraction of sp³-hybridized carbons (Fsp3) is 0.464. The predicted molar refractivity (Wildman–Crippen MR) is 136 cm³/mol. The summed E-state index contributed by atoms with van der Waals surface area (Å²) in [6, 6.07) is 17.0. The summed E-state index contributed by atoms with van der Waals surface area (Å²) in [5, 5.41) is 0. The van der Waals surface area contributed by atoms with Gasteiger partial charge in [-0.3, -0.25) is 14.6 Å². The van der Waals surface area contributed by atoms with Crippen molar-refractivity contribution in [1.82, 2.24) is 14.7 Å². The number of ether oxygens (including phenoxy) is 1. The molecule has 0 bridgehead atoms.